The van der Waals surface area contributed by atoms with E-state index in [0.717, 1.165) is 26.9 Å². The SMILES string of the molecule is NCc1cnc(-c2cccc(Oc3ccccc3)c2)s1. The van der Waals surface area contributed by atoms with Crippen molar-refractivity contribution in [2.45, 2.75) is 6.54 Å². The average molecular weight is 282 g/mol. The standard InChI is InChI=1S/C16H14N2OS/c17-10-15-11-18-16(20-15)12-5-4-8-14(9-12)19-13-6-2-1-3-7-13/h1-9,11H,10,17H2. The summed E-state index contributed by atoms with van der Waals surface area (Å²) in [6, 6.07) is 17.7. The van der Waals surface area contributed by atoms with Crippen LogP contribution < -0.4 is 10.5 Å². The lowest BCUT2D eigenvalue weighted by Crippen LogP contribution is -1.91. The summed E-state index contributed by atoms with van der Waals surface area (Å²) < 4.78 is 5.83. The van der Waals surface area contributed by atoms with Gasteiger partial charge in [-0.25, -0.2) is 4.98 Å². The van der Waals surface area contributed by atoms with E-state index in [1.165, 1.54) is 0 Å². The summed E-state index contributed by atoms with van der Waals surface area (Å²) in [7, 11) is 0. The topological polar surface area (TPSA) is 48.1 Å². The molecule has 0 fully saturated rings. The molecule has 4 heteroatoms. The van der Waals surface area contributed by atoms with Gasteiger partial charge in [-0.3, -0.25) is 0 Å². The van der Waals surface area contributed by atoms with Crippen molar-refractivity contribution in [2.24, 2.45) is 5.73 Å². The van der Waals surface area contributed by atoms with Crippen LogP contribution in [-0.2, 0) is 6.54 Å². The van der Waals surface area contributed by atoms with E-state index in [9.17, 15) is 0 Å². The second kappa shape index (κ2) is 5.86. The molecule has 0 aliphatic rings. The molecular formula is C16H14N2OS. The van der Waals surface area contributed by atoms with Crippen LogP contribution in [-0.4, -0.2) is 4.98 Å². The van der Waals surface area contributed by atoms with E-state index >= 15 is 0 Å². The molecule has 20 heavy (non-hydrogen) atoms. The van der Waals surface area contributed by atoms with Crippen molar-refractivity contribution in [1.82, 2.24) is 4.98 Å². The third kappa shape index (κ3) is 2.87. The maximum Gasteiger partial charge on any atom is 0.128 e. The van der Waals surface area contributed by atoms with Crippen molar-refractivity contribution in [3.8, 4) is 22.1 Å². The first kappa shape index (κ1) is 12.8. The fraction of sp³-hybridized carbons (Fsp3) is 0.0625. The molecule has 3 nitrogen and oxygen atoms in total. The predicted octanol–water partition coefficient (Wildman–Crippen LogP) is 4.06. The number of rotatable bonds is 4. The van der Waals surface area contributed by atoms with Gasteiger partial charge in [-0.15, -0.1) is 11.3 Å². The molecular weight excluding hydrogens is 268 g/mol. The molecule has 0 radical (unpaired) electrons. The van der Waals surface area contributed by atoms with E-state index in [2.05, 4.69) is 4.98 Å². The van der Waals surface area contributed by atoms with Gasteiger partial charge in [0.1, 0.15) is 16.5 Å². The molecule has 3 aromatic rings. The number of hydrogen-bond acceptors (Lipinski definition) is 4. The summed E-state index contributed by atoms with van der Waals surface area (Å²) in [5, 5.41) is 0.962. The van der Waals surface area contributed by atoms with E-state index in [-0.39, 0.29) is 0 Å². The summed E-state index contributed by atoms with van der Waals surface area (Å²) in [4.78, 5) is 5.47. The Morgan fingerprint density at radius 2 is 1.80 bits per heavy atom. The molecule has 0 atom stereocenters. The Balaban J connectivity index is 1.86. The van der Waals surface area contributed by atoms with Crippen LogP contribution in [0.4, 0.5) is 0 Å². The van der Waals surface area contributed by atoms with Crippen LogP contribution in [0.5, 0.6) is 11.5 Å². The molecule has 0 aliphatic carbocycles. The number of para-hydroxylation sites is 1. The number of benzene rings is 2. The number of ether oxygens (including phenoxy) is 1. The highest BCUT2D eigenvalue weighted by atomic mass is 32.1. The van der Waals surface area contributed by atoms with Crippen LogP contribution in [0.1, 0.15) is 4.88 Å². The van der Waals surface area contributed by atoms with Gasteiger partial charge in [0.2, 0.25) is 0 Å². The zero-order valence-corrected chi connectivity index (χ0v) is 11.6. The Kier molecular flexibility index (Phi) is 3.76. The van der Waals surface area contributed by atoms with Crippen LogP contribution in [0.25, 0.3) is 10.6 Å². The molecule has 3 rings (SSSR count). The van der Waals surface area contributed by atoms with Gasteiger partial charge < -0.3 is 10.5 Å². The summed E-state index contributed by atoms with van der Waals surface area (Å²) in [5.41, 5.74) is 6.66. The Labute approximate surface area is 121 Å². The van der Waals surface area contributed by atoms with Crippen molar-refractivity contribution in [3.05, 3.63) is 65.7 Å². The first-order chi connectivity index (χ1) is 9.85. The Morgan fingerprint density at radius 3 is 2.55 bits per heavy atom. The van der Waals surface area contributed by atoms with Gasteiger partial charge in [0.15, 0.2) is 0 Å². The maximum atomic E-state index is 5.83. The molecule has 0 spiro atoms. The van der Waals surface area contributed by atoms with Crippen LogP contribution in [0.15, 0.2) is 60.8 Å². The molecule has 0 unspecified atom stereocenters. The normalized spacial score (nSPS) is 10.4. The molecule has 2 aromatic carbocycles. The van der Waals surface area contributed by atoms with Crippen molar-refractivity contribution in [3.63, 3.8) is 0 Å². The highest BCUT2D eigenvalue weighted by Gasteiger charge is 2.05. The predicted molar refractivity (Wildman–Crippen MR) is 82.0 cm³/mol. The number of nitrogens with zero attached hydrogens (tertiary/aromatic N) is 1. The lowest BCUT2D eigenvalue weighted by Gasteiger charge is -2.06. The second-order valence-electron chi connectivity index (χ2n) is 4.28. The summed E-state index contributed by atoms with van der Waals surface area (Å²) in [6.07, 6.45) is 1.82. The first-order valence-corrected chi connectivity index (χ1v) is 7.15. The zero-order valence-electron chi connectivity index (χ0n) is 10.8. The average Bonchev–Trinajstić information content (AvgIpc) is 2.98. The Bertz CT molecular complexity index is 694. The number of aromatic nitrogens is 1. The lowest BCUT2D eigenvalue weighted by atomic mass is 10.2. The summed E-state index contributed by atoms with van der Waals surface area (Å²) >= 11 is 1.61. The number of nitrogens with two attached hydrogens (primary N) is 1. The van der Waals surface area contributed by atoms with Gasteiger partial charge >= 0.3 is 0 Å². The van der Waals surface area contributed by atoms with E-state index in [4.69, 9.17) is 10.5 Å². The molecule has 0 saturated carbocycles. The van der Waals surface area contributed by atoms with Crippen LogP contribution in [0, 0.1) is 0 Å². The molecule has 0 aliphatic heterocycles. The molecule has 0 bridgehead atoms. The van der Waals surface area contributed by atoms with E-state index in [0.29, 0.717) is 6.54 Å². The van der Waals surface area contributed by atoms with E-state index in [1.807, 2.05) is 60.8 Å². The summed E-state index contributed by atoms with van der Waals surface area (Å²) in [5.74, 6) is 1.63. The molecule has 2 N–H and O–H groups in total. The lowest BCUT2D eigenvalue weighted by molar-refractivity contribution is 0.483. The molecule has 0 amide bonds. The minimum atomic E-state index is 0.526. The van der Waals surface area contributed by atoms with Crippen LogP contribution in [0.2, 0.25) is 0 Å². The second-order valence-corrected chi connectivity index (χ2v) is 5.39. The van der Waals surface area contributed by atoms with E-state index < -0.39 is 0 Å². The van der Waals surface area contributed by atoms with Crippen molar-refractivity contribution >= 4 is 11.3 Å². The quantitative estimate of drug-likeness (QED) is 0.785. The van der Waals surface area contributed by atoms with Crippen molar-refractivity contribution in [2.75, 3.05) is 0 Å². The fourth-order valence-electron chi connectivity index (χ4n) is 1.85. The van der Waals surface area contributed by atoms with Gasteiger partial charge in [0.05, 0.1) is 0 Å². The van der Waals surface area contributed by atoms with Gasteiger partial charge in [-0.05, 0) is 24.3 Å². The van der Waals surface area contributed by atoms with Crippen LogP contribution >= 0.6 is 11.3 Å². The molecule has 1 aromatic heterocycles. The van der Waals surface area contributed by atoms with Gasteiger partial charge in [-0.1, -0.05) is 30.3 Å². The third-order valence-corrected chi connectivity index (χ3v) is 3.88. The first-order valence-electron chi connectivity index (χ1n) is 6.33. The zero-order chi connectivity index (χ0) is 13.8. The Hall–Kier alpha value is -2.17. The number of thiazole rings is 1. The minimum absolute atomic E-state index is 0.526. The largest absolute Gasteiger partial charge is 0.457 e. The highest BCUT2D eigenvalue weighted by molar-refractivity contribution is 7.15. The Morgan fingerprint density at radius 1 is 1.00 bits per heavy atom. The highest BCUT2D eigenvalue weighted by Crippen LogP contribution is 2.29. The van der Waals surface area contributed by atoms with Crippen LogP contribution in [0.3, 0.4) is 0 Å². The minimum Gasteiger partial charge on any atom is -0.457 e. The molecule has 100 valence electrons. The molecule has 1 heterocycles. The van der Waals surface area contributed by atoms with Gasteiger partial charge in [0.25, 0.3) is 0 Å². The maximum absolute atomic E-state index is 5.83. The molecule has 0 saturated heterocycles. The summed E-state index contributed by atoms with van der Waals surface area (Å²) in [6.45, 7) is 0.526. The van der Waals surface area contributed by atoms with Gasteiger partial charge in [0, 0.05) is 23.2 Å². The number of hydrogen-bond donors (Lipinski definition) is 1. The monoisotopic (exact) mass is 282 g/mol. The van der Waals surface area contributed by atoms with E-state index in [1.54, 1.807) is 11.3 Å². The third-order valence-electron chi connectivity index (χ3n) is 2.81. The smallest absolute Gasteiger partial charge is 0.128 e. The fourth-order valence-corrected chi connectivity index (χ4v) is 2.64. The van der Waals surface area contributed by atoms with Crippen molar-refractivity contribution in [1.29, 1.82) is 0 Å². The van der Waals surface area contributed by atoms with Gasteiger partial charge in [-0.2, -0.15) is 0 Å². The van der Waals surface area contributed by atoms with Crippen molar-refractivity contribution < 1.29 is 4.74 Å².